The van der Waals surface area contributed by atoms with Gasteiger partial charge in [0.25, 0.3) is 0 Å². The number of hydrogen-bond donors (Lipinski definition) is 3. The minimum absolute atomic E-state index is 0.362. The van der Waals surface area contributed by atoms with Crippen molar-refractivity contribution in [2.24, 2.45) is 0 Å². The van der Waals surface area contributed by atoms with Gasteiger partial charge < -0.3 is 15.3 Å². The number of ketones is 1. The first-order valence-electron chi connectivity index (χ1n) is 5.02. The van der Waals surface area contributed by atoms with Crippen molar-refractivity contribution in [1.82, 2.24) is 0 Å². The van der Waals surface area contributed by atoms with Crippen LogP contribution in [0.4, 0.5) is 0 Å². The fourth-order valence-corrected chi connectivity index (χ4v) is 1.32. The molecule has 0 saturated carbocycles. The van der Waals surface area contributed by atoms with E-state index in [-0.39, 0.29) is 12.4 Å². The molecule has 1 aromatic rings. The molecular weight excluding hydrogens is 208 g/mol. The summed E-state index contributed by atoms with van der Waals surface area (Å²) in [6, 6.07) is 6.16. The standard InChI is InChI=1S/C12H16O4/c1-12(2,16)11(15)9-5-3-8(4-6-9)10(14)7-13/h3-6,10,13-14,16H,7H2,1-2H3. The molecule has 88 valence electrons. The summed E-state index contributed by atoms with van der Waals surface area (Å²) in [6.45, 7) is 2.48. The average molecular weight is 224 g/mol. The largest absolute Gasteiger partial charge is 0.393 e. The highest BCUT2D eigenvalue weighted by Gasteiger charge is 2.25. The van der Waals surface area contributed by atoms with E-state index in [1.165, 1.54) is 26.0 Å². The van der Waals surface area contributed by atoms with E-state index in [0.29, 0.717) is 11.1 Å². The SMILES string of the molecule is CC(C)(O)C(=O)c1ccc(C(O)CO)cc1. The van der Waals surface area contributed by atoms with Crippen molar-refractivity contribution < 1.29 is 20.1 Å². The average Bonchev–Trinajstić information content (AvgIpc) is 2.26. The van der Waals surface area contributed by atoms with Crippen LogP contribution in [0.3, 0.4) is 0 Å². The first-order valence-corrected chi connectivity index (χ1v) is 5.02. The summed E-state index contributed by atoms with van der Waals surface area (Å²) in [5.74, 6) is -0.377. The lowest BCUT2D eigenvalue weighted by Crippen LogP contribution is -2.31. The maximum absolute atomic E-state index is 11.7. The highest BCUT2D eigenvalue weighted by atomic mass is 16.3. The van der Waals surface area contributed by atoms with Crippen molar-refractivity contribution in [2.75, 3.05) is 6.61 Å². The summed E-state index contributed by atoms with van der Waals surface area (Å²) in [4.78, 5) is 11.7. The number of rotatable bonds is 4. The van der Waals surface area contributed by atoms with Crippen LogP contribution in [0.1, 0.15) is 35.9 Å². The lowest BCUT2D eigenvalue weighted by Gasteiger charge is -2.16. The molecule has 0 heterocycles. The van der Waals surface area contributed by atoms with Gasteiger partial charge in [0.15, 0.2) is 5.78 Å². The number of carbonyl (C=O) groups excluding carboxylic acids is 1. The van der Waals surface area contributed by atoms with E-state index in [9.17, 15) is 15.0 Å². The molecular formula is C12H16O4. The third-order valence-electron chi connectivity index (χ3n) is 2.29. The molecule has 0 spiro atoms. The zero-order valence-electron chi connectivity index (χ0n) is 9.34. The molecule has 0 bridgehead atoms. The molecule has 1 atom stereocenters. The molecule has 0 fully saturated rings. The van der Waals surface area contributed by atoms with Gasteiger partial charge in [-0.15, -0.1) is 0 Å². The molecule has 1 rings (SSSR count). The maximum Gasteiger partial charge on any atom is 0.193 e. The molecule has 1 aromatic carbocycles. The minimum Gasteiger partial charge on any atom is -0.393 e. The summed E-state index contributed by atoms with van der Waals surface area (Å²) >= 11 is 0. The van der Waals surface area contributed by atoms with Crippen molar-refractivity contribution in [1.29, 1.82) is 0 Å². The van der Waals surface area contributed by atoms with Gasteiger partial charge in [-0.3, -0.25) is 4.79 Å². The van der Waals surface area contributed by atoms with Gasteiger partial charge in [0, 0.05) is 5.56 Å². The molecule has 4 nitrogen and oxygen atoms in total. The highest BCUT2D eigenvalue weighted by Crippen LogP contribution is 2.16. The van der Waals surface area contributed by atoms with Crippen LogP contribution < -0.4 is 0 Å². The van der Waals surface area contributed by atoms with Crippen molar-refractivity contribution in [3.63, 3.8) is 0 Å². The molecule has 0 aliphatic rings. The summed E-state index contributed by atoms with van der Waals surface area (Å²) in [5, 5.41) is 27.6. The Morgan fingerprint density at radius 1 is 1.31 bits per heavy atom. The van der Waals surface area contributed by atoms with Gasteiger partial charge in [0.1, 0.15) is 11.7 Å². The molecule has 0 saturated heterocycles. The Hall–Kier alpha value is -1.23. The second kappa shape index (κ2) is 4.74. The lowest BCUT2D eigenvalue weighted by atomic mass is 9.95. The number of carbonyl (C=O) groups is 1. The Kier molecular flexibility index (Phi) is 3.80. The molecule has 0 aliphatic carbocycles. The van der Waals surface area contributed by atoms with E-state index in [2.05, 4.69) is 0 Å². The molecule has 1 unspecified atom stereocenters. The number of hydrogen-bond acceptors (Lipinski definition) is 4. The van der Waals surface area contributed by atoms with E-state index in [4.69, 9.17) is 5.11 Å². The van der Waals surface area contributed by atoms with Crippen molar-refractivity contribution in [3.05, 3.63) is 35.4 Å². The molecule has 0 aromatic heterocycles. The number of aliphatic hydroxyl groups excluding tert-OH is 2. The molecule has 16 heavy (non-hydrogen) atoms. The summed E-state index contributed by atoms with van der Waals surface area (Å²) < 4.78 is 0. The van der Waals surface area contributed by atoms with Gasteiger partial charge >= 0.3 is 0 Å². The molecule has 0 radical (unpaired) electrons. The molecule has 0 amide bonds. The lowest BCUT2D eigenvalue weighted by molar-refractivity contribution is 0.0488. The zero-order valence-corrected chi connectivity index (χ0v) is 9.34. The summed E-state index contributed by atoms with van der Waals surface area (Å²) in [7, 11) is 0. The van der Waals surface area contributed by atoms with Crippen LogP contribution in [-0.4, -0.2) is 33.3 Å². The van der Waals surface area contributed by atoms with E-state index < -0.39 is 11.7 Å². The minimum atomic E-state index is -1.41. The highest BCUT2D eigenvalue weighted by molar-refractivity contribution is 6.01. The Morgan fingerprint density at radius 2 is 1.81 bits per heavy atom. The number of Topliss-reactive ketones (excluding diaryl/α,β-unsaturated/α-hetero) is 1. The predicted molar refractivity (Wildman–Crippen MR) is 59.1 cm³/mol. The normalized spacial score (nSPS) is 13.6. The Balaban J connectivity index is 2.91. The Bertz CT molecular complexity index is 362. The first kappa shape index (κ1) is 12.8. The second-order valence-electron chi connectivity index (χ2n) is 4.21. The zero-order chi connectivity index (χ0) is 12.3. The molecule has 3 N–H and O–H groups in total. The third-order valence-corrected chi connectivity index (χ3v) is 2.29. The van der Waals surface area contributed by atoms with Gasteiger partial charge in [-0.05, 0) is 19.4 Å². The fraction of sp³-hybridized carbons (Fsp3) is 0.417. The van der Waals surface area contributed by atoms with Crippen LogP contribution >= 0.6 is 0 Å². The summed E-state index contributed by atoms with van der Waals surface area (Å²) in [6.07, 6.45) is -0.939. The van der Waals surface area contributed by atoms with E-state index >= 15 is 0 Å². The van der Waals surface area contributed by atoms with E-state index in [1.54, 1.807) is 12.1 Å². The number of aliphatic hydroxyl groups is 3. The third kappa shape index (κ3) is 2.88. The van der Waals surface area contributed by atoms with Gasteiger partial charge in [0.2, 0.25) is 0 Å². The topological polar surface area (TPSA) is 77.8 Å². The van der Waals surface area contributed by atoms with Gasteiger partial charge in [-0.25, -0.2) is 0 Å². The Labute approximate surface area is 94.2 Å². The molecule has 0 aliphatic heterocycles. The van der Waals surface area contributed by atoms with Gasteiger partial charge in [-0.1, -0.05) is 24.3 Å². The Morgan fingerprint density at radius 3 is 2.19 bits per heavy atom. The van der Waals surface area contributed by atoms with Crippen LogP contribution in [0.2, 0.25) is 0 Å². The summed E-state index contributed by atoms with van der Waals surface area (Å²) in [5.41, 5.74) is -0.493. The second-order valence-corrected chi connectivity index (χ2v) is 4.21. The molecule has 4 heteroatoms. The van der Waals surface area contributed by atoms with Crippen LogP contribution in [-0.2, 0) is 0 Å². The van der Waals surface area contributed by atoms with Crippen LogP contribution in [0.25, 0.3) is 0 Å². The van der Waals surface area contributed by atoms with Crippen molar-refractivity contribution >= 4 is 5.78 Å². The van der Waals surface area contributed by atoms with Crippen LogP contribution in [0, 0.1) is 0 Å². The fourth-order valence-electron chi connectivity index (χ4n) is 1.32. The van der Waals surface area contributed by atoms with Crippen LogP contribution in [0.5, 0.6) is 0 Å². The van der Waals surface area contributed by atoms with Crippen molar-refractivity contribution in [2.45, 2.75) is 25.6 Å². The smallest absolute Gasteiger partial charge is 0.193 e. The predicted octanol–water partition coefficient (Wildman–Crippen LogP) is 0.666. The number of benzene rings is 1. The van der Waals surface area contributed by atoms with Crippen molar-refractivity contribution in [3.8, 4) is 0 Å². The van der Waals surface area contributed by atoms with Gasteiger partial charge in [0.05, 0.1) is 6.61 Å². The first-order chi connectivity index (χ1) is 7.36. The van der Waals surface area contributed by atoms with Gasteiger partial charge in [-0.2, -0.15) is 0 Å². The maximum atomic E-state index is 11.7. The van der Waals surface area contributed by atoms with E-state index in [0.717, 1.165) is 0 Å². The monoisotopic (exact) mass is 224 g/mol. The van der Waals surface area contributed by atoms with Crippen LogP contribution in [0.15, 0.2) is 24.3 Å². The quantitative estimate of drug-likeness (QED) is 0.657. The van der Waals surface area contributed by atoms with E-state index in [1.807, 2.05) is 0 Å².